The minimum absolute atomic E-state index is 0.0817. The van der Waals surface area contributed by atoms with Crippen molar-refractivity contribution in [3.63, 3.8) is 0 Å². The molecule has 0 fully saturated rings. The molecule has 2 N–H and O–H groups in total. The predicted molar refractivity (Wildman–Crippen MR) is 86.0 cm³/mol. The molecule has 1 aromatic heterocycles. The zero-order valence-electron chi connectivity index (χ0n) is 13.8. The molecule has 2 aromatic rings. The largest absolute Gasteiger partial charge is 0.508 e. The van der Waals surface area contributed by atoms with Crippen LogP contribution in [0.2, 0.25) is 0 Å². The Morgan fingerprint density at radius 3 is 2.57 bits per heavy atom. The Morgan fingerprint density at radius 1 is 1.30 bits per heavy atom. The van der Waals surface area contributed by atoms with Crippen molar-refractivity contribution in [1.82, 2.24) is 10.5 Å². The lowest BCUT2D eigenvalue weighted by atomic mass is 9.99. The molecule has 0 aliphatic rings. The molecule has 0 aliphatic carbocycles. The summed E-state index contributed by atoms with van der Waals surface area (Å²) < 4.78 is 10.5. The van der Waals surface area contributed by atoms with Gasteiger partial charge in [-0.1, -0.05) is 25.9 Å². The number of rotatable bonds is 4. The Kier molecular flexibility index (Phi) is 4.93. The first-order valence-electron chi connectivity index (χ1n) is 7.41. The van der Waals surface area contributed by atoms with E-state index in [9.17, 15) is 9.90 Å². The van der Waals surface area contributed by atoms with Crippen LogP contribution in [-0.2, 0) is 11.3 Å². The number of carbonyl (C=O) groups is 1. The average Bonchev–Trinajstić information content (AvgIpc) is 2.84. The fraction of sp³-hybridized carbons (Fsp3) is 0.412. The quantitative estimate of drug-likeness (QED) is 0.899. The number of phenols is 1. The molecule has 0 aliphatic heterocycles. The lowest BCUT2D eigenvalue weighted by Crippen LogP contribution is -2.28. The van der Waals surface area contributed by atoms with Crippen LogP contribution in [0.4, 0.5) is 4.79 Å². The summed E-state index contributed by atoms with van der Waals surface area (Å²) in [5.74, 6) is 0.744. The number of aromatic hydroxyl groups is 1. The van der Waals surface area contributed by atoms with Gasteiger partial charge in [-0.15, -0.1) is 0 Å². The molecule has 0 saturated carbocycles. The lowest BCUT2D eigenvalue weighted by Gasteiger charge is -2.17. The first-order valence-corrected chi connectivity index (χ1v) is 7.41. The van der Waals surface area contributed by atoms with Crippen LogP contribution >= 0.6 is 0 Å². The van der Waals surface area contributed by atoms with E-state index in [4.69, 9.17) is 9.26 Å². The fourth-order valence-corrected chi connectivity index (χ4v) is 1.93. The number of aromatic nitrogens is 1. The molecule has 0 spiro atoms. The Hall–Kier alpha value is -2.50. The summed E-state index contributed by atoms with van der Waals surface area (Å²) in [4.78, 5) is 11.8. The lowest BCUT2D eigenvalue weighted by molar-refractivity contribution is 0.106. The molecule has 0 saturated heterocycles. The van der Waals surface area contributed by atoms with E-state index < -0.39 is 6.09 Å². The molecule has 1 amide bonds. The molecule has 0 bridgehead atoms. The monoisotopic (exact) mass is 318 g/mol. The van der Waals surface area contributed by atoms with Gasteiger partial charge in [0, 0.05) is 11.1 Å². The summed E-state index contributed by atoms with van der Waals surface area (Å²) >= 11 is 0. The number of alkyl carbamates (subject to hydrolysis) is 1. The number of phenolic OH excluding ortho intramolecular Hbond substituents is 1. The smallest absolute Gasteiger partial charge is 0.407 e. The van der Waals surface area contributed by atoms with Crippen molar-refractivity contribution in [2.24, 2.45) is 5.41 Å². The zero-order valence-corrected chi connectivity index (χ0v) is 13.8. The van der Waals surface area contributed by atoms with Gasteiger partial charge in [-0.25, -0.2) is 4.79 Å². The van der Waals surface area contributed by atoms with E-state index in [1.54, 1.807) is 24.3 Å². The number of nitrogens with one attached hydrogen (secondary N) is 1. The highest BCUT2D eigenvalue weighted by molar-refractivity contribution is 5.68. The third kappa shape index (κ3) is 4.74. The number of aryl methyl sites for hydroxylation is 1. The second kappa shape index (κ2) is 6.73. The average molecular weight is 318 g/mol. The minimum atomic E-state index is -0.475. The first-order chi connectivity index (χ1) is 10.8. The van der Waals surface area contributed by atoms with Gasteiger partial charge in [0.05, 0.1) is 18.8 Å². The van der Waals surface area contributed by atoms with Crippen LogP contribution in [0.1, 0.15) is 32.0 Å². The van der Waals surface area contributed by atoms with Crippen LogP contribution in [0, 0.1) is 12.3 Å². The van der Waals surface area contributed by atoms with Gasteiger partial charge in [-0.2, -0.15) is 0 Å². The molecule has 1 aromatic carbocycles. The Bertz CT molecular complexity index is 669. The number of benzene rings is 1. The fourth-order valence-electron chi connectivity index (χ4n) is 1.93. The molecule has 23 heavy (non-hydrogen) atoms. The van der Waals surface area contributed by atoms with Crippen molar-refractivity contribution >= 4 is 6.09 Å². The van der Waals surface area contributed by atoms with Crippen molar-refractivity contribution in [1.29, 1.82) is 0 Å². The Balaban J connectivity index is 2.05. The summed E-state index contributed by atoms with van der Waals surface area (Å²) in [5.41, 5.74) is 2.18. The van der Waals surface area contributed by atoms with Gasteiger partial charge < -0.3 is 19.7 Å². The van der Waals surface area contributed by atoms with Crippen LogP contribution in [0.15, 0.2) is 28.8 Å². The van der Waals surface area contributed by atoms with Crippen LogP contribution in [0.3, 0.4) is 0 Å². The van der Waals surface area contributed by atoms with E-state index >= 15 is 0 Å². The van der Waals surface area contributed by atoms with Crippen molar-refractivity contribution in [2.75, 3.05) is 6.61 Å². The summed E-state index contributed by atoms with van der Waals surface area (Å²) in [5, 5.41) is 16.0. The van der Waals surface area contributed by atoms with E-state index in [0.717, 1.165) is 11.1 Å². The molecule has 124 valence electrons. The van der Waals surface area contributed by atoms with Gasteiger partial charge in [0.15, 0.2) is 5.76 Å². The van der Waals surface area contributed by atoms with Crippen molar-refractivity contribution in [3.8, 4) is 17.1 Å². The SMILES string of the molecule is Cc1noc(-c2ccc(O)cc2)c1CNC(=O)OCC(C)(C)C. The summed E-state index contributed by atoms with van der Waals surface area (Å²) in [6.07, 6.45) is -0.475. The van der Waals surface area contributed by atoms with E-state index in [1.165, 1.54) is 0 Å². The van der Waals surface area contributed by atoms with E-state index in [1.807, 2.05) is 27.7 Å². The predicted octanol–water partition coefficient (Wildman–Crippen LogP) is 3.63. The van der Waals surface area contributed by atoms with Crippen molar-refractivity contribution in [3.05, 3.63) is 35.5 Å². The molecule has 2 rings (SSSR count). The second-order valence-electron chi connectivity index (χ2n) is 6.61. The van der Waals surface area contributed by atoms with Crippen LogP contribution in [0.5, 0.6) is 5.75 Å². The highest BCUT2D eigenvalue weighted by atomic mass is 16.5. The minimum Gasteiger partial charge on any atom is -0.508 e. The molecule has 6 heteroatoms. The third-order valence-corrected chi connectivity index (χ3v) is 3.16. The van der Waals surface area contributed by atoms with Crippen molar-refractivity contribution in [2.45, 2.75) is 34.2 Å². The van der Waals surface area contributed by atoms with Gasteiger partial charge >= 0.3 is 6.09 Å². The highest BCUT2D eigenvalue weighted by Crippen LogP contribution is 2.27. The van der Waals surface area contributed by atoms with Gasteiger partial charge in [0.2, 0.25) is 0 Å². The maximum absolute atomic E-state index is 11.8. The number of carbonyl (C=O) groups excluding carboxylic acids is 1. The number of hydrogen-bond donors (Lipinski definition) is 2. The molecule has 0 atom stereocenters. The molecule has 0 unspecified atom stereocenters. The standard InChI is InChI=1S/C17H22N2O4/c1-11-14(9-18-16(21)22-10-17(2,3)4)15(23-19-11)12-5-7-13(20)8-6-12/h5-8,20H,9-10H2,1-4H3,(H,18,21). The molecule has 0 radical (unpaired) electrons. The van der Waals surface area contributed by atoms with Gasteiger partial charge in [0.1, 0.15) is 5.75 Å². The normalized spacial score (nSPS) is 11.3. The highest BCUT2D eigenvalue weighted by Gasteiger charge is 2.17. The van der Waals surface area contributed by atoms with Crippen LogP contribution < -0.4 is 5.32 Å². The zero-order chi connectivity index (χ0) is 17.0. The third-order valence-electron chi connectivity index (χ3n) is 3.16. The van der Waals surface area contributed by atoms with Crippen LogP contribution in [0.25, 0.3) is 11.3 Å². The molecular formula is C17H22N2O4. The summed E-state index contributed by atoms with van der Waals surface area (Å²) in [7, 11) is 0. The number of hydrogen-bond acceptors (Lipinski definition) is 5. The Labute approximate surface area is 135 Å². The maximum atomic E-state index is 11.8. The molecule has 1 heterocycles. The first kappa shape index (κ1) is 16.9. The number of ether oxygens (including phenoxy) is 1. The van der Waals surface area contributed by atoms with E-state index in [0.29, 0.717) is 18.1 Å². The Morgan fingerprint density at radius 2 is 1.96 bits per heavy atom. The maximum Gasteiger partial charge on any atom is 0.407 e. The summed E-state index contributed by atoms with van der Waals surface area (Å²) in [6.45, 7) is 8.39. The molecular weight excluding hydrogens is 296 g/mol. The second-order valence-corrected chi connectivity index (χ2v) is 6.61. The van der Waals surface area contributed by atoms with Crippen LogP contribution in [-0.4, -0.2) is 23.0 Å². The number of amides is 1. The van der Waals surface area contributed by atoms with Gasteiger partial charge in [0.25, 0.3) is 0 Å². The number of nitrogens with zero attached hydrogens (tertiary/aromatic N) is 1. The molecule has 6 nitrogen and oxygen atoms in total. The van der Waals surface area contributed by atoms with Crippen molar-refractivity contribution < 1.29 is 19.2 Å². The van der Waals surface area contributed by atoms with Gasteiger partial charge in [-0.05, 0) is 36.6 Å². The van der Waals surface area contributed by atoms with E-state index in [-0.39, 0.29) is 17.7 Å². The van der Waals surface area contributed by atoms with E-state index in [2.05, 4.69) is 10.5 Å². The summed E-state index contributed by atoms with van der Waals surface area (Å²) in [6, 6.07) is 6.61. The van der Waals surface area contributed by atoms with Gasteiger partial charge in [-0.3, -0.25) is 0 Å². The topological polar surface area (TPSA) is 84.6 Å².